The molecule has 0 aromatic heterocycles. The smallest absolute Gasteiger partial charge is 0.328 e. The Morgan fingerprint density at radius 3 is 2.35 bits per heavy atom. The fourth-order valence-corrected chi connectivity index (χ4v) is 2.32. The van der Waals surface area contributed by atoms with Gasteiger partial charge in [0.15, 0.2) is 0 Å². The van der Waals surface area contributed by atoms with Crippen molar-refractivity contribution in [1.29, 1.82) is 0 Å². The number of carbonyl (C=O) groups is 1. The molecule has 1 aromatic rings. The summed E-state index contributed by atoms with van der Waals surface area (Å²) in [5.74, 6) is -0.927. The number of rotatable bonds is 7. The largest absolute Gasteiger partial charge is 0.478 e. The van der Waals surface area contributed by atoms with E-state index in [9.17, 15) is 4.79 Å². The topological polar surface area (TPSA) is 43.8 Å². The van der Waals surface area contributed by atoms with Crippen molar-refractivity contribution < 1.29 is 9.90 Å². The van der Waals surface area contributed by atoms with Crippen molar-refractivity contribution in [3.05, 3.63) is 35.9 Å². The molecule has 110 valence electrons. The van der Waals surface area contributed by atoms with Gasteiger partial charge >= 0.3 is 5.97 Å². The van der Waals surface area contributed by atoms with Crippen LogP contribution in [-0.4, -0.2) is 49.2 Å². The lowest BCUT2D eigenvalue weighted by Crippen LogP contribution is -2.40. The van der Waals surface area contributed by atoms with Gasteiger partial charge in [-0.05, 0) is 51.7 Å². The summed E-state index contributed by atoms with van der Waals surface area (Å²) in [7, 11) is 4.15. The Morgan fingerprint density at radius 1 is 1.30 bits per heavy atom. The Morgan fingerprint density at radius 2 is 1.90 bits per heavy atom. The summed E-state index contributed by atoms with van der Waals surface area (Å²) < 4.78 is 0. The monoisotopic (exact) mass is 276 g/mol. The van der Waals surface area contributed by atoms with E-state index in [0.717, 1.165) is 30.4 Å². The van der Waals surface area contributed by atoms with Crippen LogP contribution >= 0.6 is 0 Å². The van der Waals surface area contributed by atoms with Gasteiger partial charge in [-0.25, -0.2) is 4.79 Å². The first-order valence-corrected chi connectivity index (χ1v) is 6.86. The quantitative estimate of drug-likeness (QED) is 0.777. The standard InChI is InChI=1S/C16H24N2O2/c1-5-18(13(2)12-17(3)4)15-9-6-14(7-10-15)8-11-16(19)20/h6-11,13H,5,12H2,1-4H3,(H,19,20)/b11-8+. The molecule has 4 heteroatoms. The maximum Gasteiger partial charge on any atom is 0.328 e. The van der Waals surface area contributed by atoms with Crippen LogP contribution < -0.4 is 4.90 Å². The minimum absolute atomic E-state index is 0.426. The average molecular weight is 276 g/mol. The first kappa shape index (κ1) is 16.2. The van der Waals surface area contributed by atoms with E-state index in [2.05, 4.69) is 37.7 Å². The van der Waals surface area contributed by atoms with E-state index in [1.54, 1.807) is 6.08 Å². The highest BCUT2D eigenvalue weighted by Gasteiger charge is 2.13. The molecule has 0 fully saturated rings. The van der Waals surface area contributed by atoms with Crippen molar-refractivity contribution in [2.45, 2.75) is 19.9 Å². The zero-order valence-electron chi connectivity index (χ0n) is 12.7. The summed E-state index contributed by atoms with van der Waals surface area (Å²) in [4.78, 5) is 15.0. The number of nitrogens with zero attached hydrogens (tertiary/aromatic N) is 2. The molecule has 0 radical (unpaired) electrons. The van der Waals surface area contributed by atoms with Gasteiger partial charge in [0, 0.05) is 30.9 Å². The summed E-state index contributed by atoms with van der Waals surface area (Å²) in [5.41, 5.74) is 2.06. The molecule has 20 heavy (non-hydrogen) atoms. The highest BCUT2D eigenvalue weighted by atomic mass is 16.4. The van der Waals surface area contributed by atoms with E-state index in [1.165, 1.54) is 0 Å². The lowest BCUT2D eigenvalue weighted by molar-refractivity contribution is -0.131. The zero-order valence-corrected chi connectivity index (χ0v) is 12.7. The van der Waals surface area contributed by atoms with Crippen molar-refractivity contribution in [1.82, 2.24) is 4.90 Å². The second-order valence-corrected chi connectivity index (χ2v) is 5.16. The maximum absolute atomic E-state index is 10.5. The fourth-order valence-electron chi connectivity index (χ4n) is 2.32. The van der Waals surface area contributed by atoms with Crippen LogP contribution in [0.4, 0.5) is 5.69 Å². The Hall–Kier alpha value is -1.81. The lowest BCUT2D eigenvalue weighted by atomic mass is 10.1. The molecule has 0 amide bonds. The van der Waals surface area contributed by atoms with E-state index in [0.29, 0.717) is 6.04 Å². The molecule has 0 saturated carbocycles. The minimum Gasteiger partial charge on any atom is -0.478 e. The normalized spacial score (nSPS) is 12.8. The third-order valence-corrected chi connectivity index (χ3v) is 3.15. The molecule has 0 aliphatic rings. The van der Waals surface area contributed by atoms with E-state index in [4.69, 9.17) is 5.11 Å². The van der Waals surface area contributed by atoms with E-state index >= 15 is 0 Å². The van der Waals surface area contributed by atoms with Crippen LogP contribution in [0.25, 0.3) is 6.08 Å². The van der Waals surface area contributed by atoms with Crippen LogP contribution in [0.15, 0.2) is 30.3 Å². The second-order valence-electron chi connectivity index (χ2n) is 5.16. The first-order valence-electron chi connectivity index (χ1n) is 6.86. The molecule has 0 saturated heterocycles. The van der Waals surface area contributed by atoms with Crippen LogP contribution in [0.1, 0.15) is 19.4 Å². The van der Waals surface area contributed by atoms with E-state index < -0.39 is 5.97 Å². The number of hydrogen-bond acceptors (Lipinski definition) is 3. The molecule has 0 aliphatic heterocycles. The number of carboxylic acid groups (broad SMARTS) is 1. The number of hydrogen-bond donors (Lipinski definition) is 1. The minimum atomic E-state index is -0.927. The van der Waals surface area contributed by atoms with E-state index in [1.807, 2.05) is 24.3 Å². The molecule has 4 nitrogen and oxygen atoms in total. The third kappa shape index (κ3) is 5.05. The number of anilines is 1. The lowest BCUT2D eigenvalue weighted by Gasteiger charge is -2.32. The molecule has 1 atom stereocenters. The Balaban J connectivity index is 2.81. The van der Waals surface area contributed by atoms with Gasteiger partial charge in [-0.3, -0.25) is 0 Å². The molecule has 1 N–H and O–H groups in total. The van der Waals surface area contributed by atoms with Crippen molar-refractivity contribution in [3.8, 4) is 0 Å². The van der Waals surface area contributed by atoms with Crippen LogP contribution in [0.5, 0.6) is 0 Å². The van der Waals surface area contributed by atoms with Crippen molar-refractivity contribution in [2.75, 3.05) is 32.1 Å². The highest BCUT2D eigenvalue weighted by Crippen LogP contribution is 2.18. The van der Waals surface area contributed by atoms with Gasteiger partial charge < -0.3 is 14.9 Å². The van der Waals surface area contributed by atoms with Crippen LogP contribution in [0, 0.1) is 0 Å². The molecule has 1 aromatic carbocycles. The molecule has 1 unspecified atom stereocenters. The predicted octanol–water partition coefficient (Wildman–Crippen LogP) is 2.56. The summed E-state index contributed by atoms with van der Waals surface area (Å²) >= 11 is 0. The number of carboxylic acids is 1. The molecule has 1 rings (SSSR count). The summed E-state index contributed by atoms with van der Waals surface area (Å²) in [5, 5.41) is 8.61. The predicted molar refractivity (Wildman–Crippen MR) is 84.1 cm³/mol. The van der Waals surface area contributed by atoms with Crippen molar-refractivity contribution in [2.24, 2.45) is 0 Å². The summed E-state index contributed by atoms with van der Waals surface area (Å²) in [6, 6.07) is 8.39. The van der Waals surface area contributed by atoms with Gasteiger partial charge in [-0.2, -0.15) is 0 Å². The summed E-state index contributed by atoms with van der Waals surface area (Å²) in [6.07, 6.45) is 2.76. The van der Waals surface area contributed by atoms with Crippen LogP contribution in [-0.2, 0) is 4.79 Å². The highest BCUT2D eigenvalue weighted by molar-refractivity contribution is 5.85. The van der Waals surface area contributed by atoms with Crippen LogP contribution in [0.3, 0.4) is 0 Å². The number of aliphatic carboxylic acids is 1. The molecular formula is C16H24N2O2. The number of likely N-dealkylation sites (N-methyl/N-ethyl adjacent to an activating group) is 2. The fraction of sp³-hybridized carbons (Fsp3) is 0.438. The Kier molecular flexibility index (Phi) is 6.25. The number of benzene rings is 1. The average Bonchev–Trinajstić information content (AvgIpc) is 2.37. The second kappa shape index (κ2) is 7.70. The SMILES string of the molecule is CCN(c1ccc(/C=C/C(=O)O)cc1)C(C)CN(C)C. The Labute approximate surface area is 121 Å². The first-order chi connectivity index (χ1) is 9.43. The zero-order chi connectivity index (χ0) is 15.1. The maximum atomic E-state index is 10.5. The van der Waals surface area contributed by atoms with Gasteiger partial charge in [0.25, 0.3) is 0 Å². The Bertz CT molecular complexity index is 452. The van der Waals surface area contributed by atoms with Gasteiger partial charge in [-0.15, -0.1) is 0 Å². The van der Waals surface area contributed by atoms with Crippen molar-refractivity contribution >= 4 is 17.7 Å². The van der Waals surface area contributed by atoms with Crippen LogP contribution in [0.2, 0.25) is 0 Å². The van der Waals surface area contributed by atoms with Gasteiger partial charge in [0.05, 0.1) is 0 Å². The van der Waals surface area contributed by atoms with E-state index in [-0.39, 0.29) is 0 Å². The third-order valence-electron chi connectivity index (χ3n) is 3.15. The van der Waals surface area contributed by atoms with Crippen molar-refractivity contribution in [3.63, 3.8) is 0 Å². The molecular weight excluding hydrogens is 252 g/mol. The molecule has 0 heterocycles. The van der Waals surface area contributed by atoms with Gasteiger partial charge in [0.2, 0.25) is 0 Å². The molecule has 0 bridgehead atoms. The van der Waals surface area contributed by atoms with Gasteiger partial charge in [0.1, 0.15) is 0 Å². The van der Waals surface area contributed by atoms with Gasteiger partial charge in [-0.1, -0.05) is 12.1 Å². The molecule has 0 aliphatic carbocycles. The summed E-state index contributed by atoms with van der Waals surface area (Å²) in [6.45, 7) is 6.29. The molecule has 0 spiro atoms.